The topological polar surface area (TPSA) is 49.8 Å². The van der Waals surface area contributed by atoms with Crippen LogP contribution in [-0.2, 0) is 13.1 Å². The Balaban J connectivity index is 2.20. The molecule has 4 heteroatoms. The predicted molar refractivity (Wildman–Crippen MR) is 43.9 cm³/mol. The molecule has 0 unspecified atom stereocenters. The lowest BCUT2D eigenvalue weighted by Crippen LogP contribution is -2.13. The summed E-state index contributed by atoms with van der Waals surface area (Å²) in [6.45, 7) is 1.59. The molecule has 3 rings (SSSR count). The van der Waals surface area contributed by atoms with Gasteiger partial charge in [0.15, 0.2) is 0 Å². The van der Waals surface area contributed by atoms with Gasteiger partial charge in [-0.2, -0.15) is 0 Å². The van der Waals surface area contributed by atoms with E-state index in [9.17, 15) is 4.79 Å². The van der Waals surface area contributed by atoms with Gasteiger partial charge in [-0.15, -0.1) is 0 Å². The van der Waals surface area contributed by atoms with E-state index in [1.807, 2.05) is 0 Å². The maximum Gasteiger partial charge on any atom is 0.268 e. The molecule has 12 heavy (non-hydrogen) atoms. The Morgan fingerprint density at radius 3 is 2.92 bits per heavy atom. The molecule has 1 aliphatic heterocycles. The van der Waals surface area contributed by atoms with Gasteiger partial charge in [0.1, 0.15) is 0 Å². The molecule has 1 fully saturated rings. The van der Waals surface area contributed by atoms with E-state index in [0.717, 1.165) is 18.7 Å². The zero-order chi connectivity index (χ0) is 8.13. The third-order valence-corrected chi connectivity index (χ3v) is 2.64. The standard InChI is InChI=1S/C8H11N3O/c12-8-6-3-9-4-7(6)11(10-8)5-1-2-5/h5,9H,1-4H2,(H,10,12). The maximum atomic E-state index is 11.3. The Morgan fingerprint density at radius 1 is 1.33 bits per heavy atom. The third-order valence-electron chi connectivity index (χ3n) is 2.64. The largest absolute Gasteiger partial charge is 0.307 e. The number of rotatable bonds is 1. The molecular weight excluding hydrogens is 154 g/mol. The average molecular weight is 165 g/mol. The van der Waals surface area contributed by atoms with Gasteiger partial charge in [-0.05, 0) is 12.8 Å². The molecule has 1 aromatic rings. The lowest BCUT2D eigenvalue weighted by atomic mass is 10.3. The fourth-order valence-electron chi connectivity index (χ4n) is 1.85. The molecule has 4 nitrogen and oxygen atoms in total. The lowest BCUT2D eigenvalue weighted by molar-refractivity contribution is 0.586. The van der Waals surface area contributed by atoms with Crippen LogP contribution in [0.3, 0.4) is 0 Å². The van der Waals surface area contributed by atoms with Crippen molar-refractivity contribution < 1.29 is 0 Å². The molecular formula is C8H11N3O. The predicted octanol–water partition coefficient (Wildman–Crippen LogP) is 0.114. The number of fused-ring (bicyclic) bond motifs is 1. The number of aromatic nitrogens is 2. The second-order valence-corrected chi connectivity index (χ2v) is 3.57. The number of nitrogens with one attached hydrogen (secondary N) is 2. The molecule has 2 heterocycles. The average Bonchev–Trinajstić information content (AvgIpc) is 2.68. The van der Waals surface area contributed by atoms with Crippen molar-refractivity contribution in [2.24, 2.45) is 0 Å². The van der Waals surface area contributed by atoms with Crippen molar-refractivity contribution in [3.63, 3.8) is 0 Å². The molecule has 0 bridgehead atoms. The molecule has 0 aromatic carbocycles. The molecule has 0 amide bonds. The van der Waals surface area contributed by atoms with Gasteiger partial charge in [0.05, 0.1) is 17.3 Å². The molecule has 1 aliphatic carbocycles. The summed E-state index contributed by atoms with van der Waals surface area (Å²) in [6, 6.07) is 0.585. The van der Waals surface area contributed by atoms with E-state index in [4.69, 9.17) is 0 Å². The van der Waals surface area contributed by atoms with Crippen LogP contribution in [0.25, 0.3) is 0 Å². The second-order valence-electron chi connectivity index (χ2n) is 3.57. The van der Waals surface area contributed by atoms with Crippen LogP contribution in [0.1, 0.15) is 30.1 Å². The highest BCUT2D eigenvalue weighted by Crippen LogP contribution is 2.35. The molecule has 1 aromatic heterocycles. The molecule has 0 spiro atoms. The second kappa shape index (κ2) is 2.01. The molecule has 1 saturated carbocycles. The van der Waals surface area contributed by atoms with E-state index in [1.54, 1.807) is 0 Å². The van der Waals surface area contributed by atoms with E-state index in [0.29, 0.717) is 6.04 Å². The van der Waals surface area contributed by atoms with Crippen LogP contribution in [0.5, 0.6) is 0 Å². The minimum atomic E-state index is 0.0990. The van der Waals surface area contributed by atoms with Gasteiger partial charge >= 0.3 is 0 Å². The molecule has 64 valence electrons. The van der Waals surface area contributed by atoms with Crippen LogP contribution >= 0.6 is 0 Å². The van der Waals surface area contributed by atoms with Crippen LogP contribution in [-0.4, -0.2) is 9.78 Å². The van der Waals surface area contributed by atoms with Crippen molar-refractivity contribution in [2.45, 2.75) is 32.0 Å². The highest BCUT2D eigenvalue weighted by molar-refractivity contribution is 5.23. The molecule has 0 atom stereocenters. The first kappa shape index (κ1) is 6.48. The van der Waals surface area contributed by atoms with Crippen molar-refractivity contribution in [3.05, 3.63) is 21.6 Å². The first-order valence-corrected chi connectivity index (χ1v) is 4.39. The van der Waals surface area contributed by atoms with Gasteiger partial charge < -0.3 is 5.32 Å². The van der Waals surface area contributed by atoms with Gasteiger partial charge in [-0.3, -0.25) is 14.6 Å². The lowest BCUT2D eigenvalue weighted by Gasteiger charge is -2.02. The zero-order valence-corrected chi connectivity index (χ0v) is 6.76. The fourth-order valence-corrected chi connectivity index (χ4v) is 1.85. The summed E-state index contributed by atoms with van der Waals surface area (Å²) in [5, 5.41) is 6.09. The summed E-state index contributed by atoms with van der Waals surface area (Å²) in [5.41, 5.74) is 2.23. The quantitative estimate of drug-likeness (QED) is 0.620. The van der Waals surface area contributed by atoms with Crippen molar-refractivity contribution in [3.8, 4) is 0 Å². The Kier molecular flexibility index (Phi) is 1.09. The Hall–Kier alpha value is -1.03. The number of aromatic amines is 1. The first-order valence-electron chi connectivity index (χ1n) is 4.39. The van der Waals surface area contributed by atoms with Crippen molar-refractivity contribution in [1.29, 1.82) is 0 Å². The summed E-state index contributed by atoms with van der Waals surface area (Å²) in [6.07, 6.45) is 2.44. The number of H-pyrrole nitrogens is 1. The highest BCUT2D eigenvalue weighted by Gasteiger charge is 2.30. The van der Waals surface area contributed by atoms with Crippen LogP contribution < -0.4 is 10.9 Å². The number of nitrogens with zero attached hydrogens (tertiary/aromatic N) is 1. The van der Waals surface area contributed by atoms with E-state index < -0.39 is 0 Å². The fraction of sp³-hybridized carbons (Fsp3) is 0.625. The molecule has 2 N–H and O–H groups in total. The minimum Gasteiger partial charge on any atom is -0.307 e. The van der Waals surface area contributed by atoms with Gasteiger partial charge in [0, 0.05) is 13.1 Å². The highest BCUT2D eigenvalue weighted by atomic mass is 16.1. The monoisotopic (exact) mass is 165 g/mol. The van der Waals surface area contributed by atoms with Crippen LogP contribution in [0.2, 0.25) is 0 Å². The van der Waals surface area contributed by atoms with E-state index >= 15 is 0 Å². The number of hydrogen-bond acceptors (Lipinski definition) is 2. The summed E-state index contributed by atoms with van der Waals surface area (Å²) in [5.74, 6) is 0. The number of hydrogen-bond donors (Lipinski definition) is 2. The van der Waals surface area contributed by atoms with Crippen LogP contribution in [0.15, 0.2) is 4.79 Å². The van der Waals surface area contributed by atoms with Crippen molar-refractivity contribution in [2.75, 3.05) is 0 Å². The van der Waals surface area contributed by atoms with Crippen LogP contribution in [0, 0.1) is 0 Å². The van der Waals surface area contributed by atoms with Crippen LogP contribution in [0.4, 0.5) is 0 Å². The van der Waals surface area contributed by atoms with Crippen molar-refractivity contribution in [1.82, 2.24) is 15.1 Å². The van der Waals surface area contributed by atoms with Gasteiger partial charge in [0.25, 0.3) is 5.56 Å². The Morgan fingerprint density at radius 2 is 2.17 bits per heavy atom. The summed E-state index contributed by atoms with van der Waals surface area (Å²) in [7, 11) is 0. The Bertz CT molecular complexity index is 372. The SMILES string of the molecule is O=c1[nH]n(C2CC2)c2c1CNC2. The third kappa shape index (κ3) is 0.728. The molecule has 2 aliphatic rings. The van der Waals surface area contributed by atoms with Gasteiger partial charge in [-0.25, -0.2) is 0 Å². The van der Waals surface area contributed by atoms with E-state index in [2.05, 4.69) is 15.1 Å². The summed E-state index contributed by atoms with van der Waals surface area (Å²) in [4.78, 5) is 11.3. The zero-order valence-electron chi connectivity index (χ0n) is 6.76. The maximum absolute atomic E-state index is 11.3. The smallest absolute Gasteiger partial charge is 0.268 e. The van der Waals surface area contributed by atoms with Gasteiger partial charge in [-0.1, -0.05) is 0 Å². The molecule has 0 saturated heterocycles. The first-order chi connectivity index (χ1) is 5.86. The molecule has 0 radical (unpaired) electrons. The minimum absolute atomic E-state index is 0.0990. The van der Waals surface area contributed by atoms with E-state index in [-0.39, 0.29) is 5.56 Å². The van der Waals surface area contributed by atoms with Crippen molar-refractivity contribution >= 4 is 0 Å². The summed E-state index contributed by atoms with van der Waals surface area (Å²) >= 11 is 0. The summed E-state index contributed by atoms with van der Waals surface area (Å²) < 4.78 is 2.05. The van der Waals surface area contributed by atoms with E-state index in [1.165, 1.54) is 18.5 Å². The normalized spacial score (nSPS) is 21.3. The van der Waals surface area contributed by atoms with Gasteiger partial charge in [0.2, 0.25) is 0 Å². The Labute approximate surface area is 69.6 Å².